The SMILES string of the molecule is COC(C)CCC(=O)c1ccc2nn(CC3CCC3)cc2c1C.Cl. The Labute approximate surface area is 150 Å². The number of benzene rings is 1. The minimum Gasteiger partial charge on any atom is -0.382 e. The van der Waals surface area contributed by atoms with E-state index < -0.39 is 0 Å². The molecule has 1 atom stereocenters. The number of nitrogens with zero attached hydrogens (tertiary/aromatic N) is 2. The lowest BCUT2D eigenvalue weighted by molar-refractivity contribution is 0.0877. The first kappa shape index (κ1) is 18.9. The number of halogens is 1. The van der Waals surface area contributed by atoms with Gasteiger partial charge in [0, 0.05) is 37.2 Å². The van der Waals surface area contributed by atoms with Gasteiger partial charge in [-0.3, -0.25) is 9.48 Å². The van der Waals surface area contributed by atoms with E-state index in [4.69, 9.17) is 4.74 Å². The summed E-state index contributed by atoms with van der Waals surface area (Å²) in [6.45, 7) is 5.03. The summed E-state index contributed by atoms with van der Waals surface area (Å²) in [7, 11) is 1.68. The Morgan fingerprint density at radius 2 is 2.17 bits per heavy atom. The number of carbonyl (C=O) groups is 1. The van der Waals surface area contributed by atoms with E-state index in [0.29, 0.717) is 6.42 Å². The van der Waals surface area contributed by atoms with E-state index in [1.165, 1.54) is 19.3 Å². The second kappa shape index (κ2) is 8.13. The smallest absolute Gasteiger partial charge is 0.163 e. The summed E-state index contributed by atoms with van der Waals surface area (Å²) in [5, 5.41) is 5.78. The fraction of sp³-hybridized carbons (Fsp3) is 0.579. The average Bonchev–Trinajstić information content (AvgIpc) is 2.92. The third-order valence-corrected chi connectivity index (χ3v) is 5.16. The number of fused-ring (bicyclic) bond motifs is 1. The fourth-order valence-electron chi connectivity index (χ4n) is 3.20. The second-order valence-electron chi connectivity index (χ2n) is 6.83. The lowest BCUT2D eigenvalue weighted by atomic mass is 9.85. The van der Waals surface area contributed by atoms with E-state index in [1.807, 2.05) is 26.0 Å². The van der Waals surface area contributed by atoms with Crippen LogP contribution in [0.2, 0.25) is 0 Å². The Balaban J connectivity index is 0.00000208. The van der Waals surface area contributed by atoms with Crippen LogP contribution in [-0.4, -0.2) is 28.8 Å². The summed E-state index contributed by atoms with van der Waals surface area (Å²) >= 11 is 0. The number of ketones is 1. The lowest BCUT2D eigenvalue weighted by Gasteiger charge is -2.24. The number of aromatic nitrogens is 2. The Hall–Kier alpha value is -1.39. The maximum atomic E-state index is 12.5. The van der Waals surface area contributed by atoms with Gasteiger partial charge in [-0.15, -0.1) is 12.4 Å². The minimum absolute atomic E-state index is 0. The van der Waals surface area contributed by atoms with Crippen molar-refractivity contribution in [3.63, 3.8) is 0 Å². The minimum atomic E-state index is 0. The quantitative estimate of drug-likeness (QED) is 0.687. The molecule has 0 N–H and O–H groups in total. The van der Waals surface area contributed by atoms with Crippen molar-refractivity contribution in [2.75, 3.05) is 7.11 Å². The van der Waals surface area contributed by atoms with Crippen molar-refractivity contribution in [1.82, 2.24) is 9.78 Å². The Kier molecular flexibility index (Phi) is 6.41. The first-order chi connectivity index (χ1) is 11.1. The zero-order chi connectivity index (χ0) is 16.4. The van der Waals surface area contributed by atoms with Gasteiger partial charge in [0.05, 0.1) is 11.6 Å². The van der Waals surface area contributed by atoms with E-state index in [9.17, 15) is 4.79 Å². The fourth-order valence-corrected chi connectivity index (χ4v) is 3.20. The number of hydrogen-bond acceptors (Lipinski definition) is 3. The number of rotatable bonds is 7. The van der Waals surface area contributed by atoms with E-state index in [-0.39, 0.29) is 24.3 Å². The summed E-state index contributed by atoms with van der Waals surface area (Å²) < 4.78 is 7.29. The number of Topliss-reactive ketones (excluding diaryl/α,β-unsaturated/α-hetero) is 1. The van der Waals surface area contributed by atoms with Crippen LogP contribution in [0.1, 0.15) is 54.9 Å². The highest BCUT2D eigenvalue weighted by atomic mass is 35.5. The van der Waals surface area contributed by atoms with Gasteiger partial charge in [-0.1, -0.05) is 6.42 Å². The topological polar surface area (TPSA) is 44.1 Å². The average molecular weight is 351 g/mol. The van der Waals surface area contributed by atoms with Gasteiger partial charge in [-0.25, -0.2) is 0 Å². The van der Waals surface area contributed by atoms with E-state index in [0.717, 1.165) is 40.9 Å². The number of aryl methyl sites for hydroxylation is 1. The molecule has 24 heavy (non-hydrogen) atoms. The Bertz CT molecular complexity index is 707. The number of methoxy groups -OCH3 is 1. The first-order valence-electron chi connectivity index (χ1n) is 8.61. The number of ether oxygens (including phenoxy) is 1. The monoisotopic (exact) mass is 350 g/mol. The molecule has 1 aliphatic rings. The van der Waals surface area contributed by atoms with Crippen molar-refractivity contribution >= 4 is 29.1 Å². The molecule has 1 unspecified atom stereocenters. The van der Waals surface area contributed by atoms with Crippen LogP contribution < -0.4 is 0 Å². The van der Waals surface area contributed by atoms with Crippen LogP contribution in [0.5, 0.6) is 0 Å². The van der Waals surface area contributed by atoms with Gasteiger partial charge in [0.15, 0.2) is 5.78 Å². The highest BCUT2D eigenvalue weighted by molar-refractivity contribution is 6.01. The molecule has 3 rings (SSSR count). The lowest BCUT2D eigenvalue weighted by Crippen LogP contribution is -2.18. The van der Waals surface area contributed by atoms with E-state index >= 15 is 0 Å². The molecule has 132 valence electrons. The molecule has 0 saturated heterocycles. The van der Waals surface area contributed by atoms with Gasteiger partial charge in [-0.05, 0) is 56.7 Å². The largest absolute Gasteiger partial charge is 0.382 e. The van der Waals surface area contributed by atoms with Crippen LogP contribution in [0.3, 0.4) is 0 Å². The van der Waals surface area contributed by atoms with Crippen molar-refractivity contribution in [3.8, 4) is 0 Å². The summed E-state index contributed by atoms with van der Waals surface area (Å²) in [5.41, 5.74) is 2.87. The first-order valence-corrected chi connectivity index (χ1v) is 8.61. The van der Waals surface area contributed by atoms with Crippen LogP contribution in [0, 0.1) is 12.8 Å². The summed E-state index contributed by atoms with van der Waals surface area (Å²) in [6, 6.07) is 3.91. The number of carbonyl (C=O) groups excluding carboxylic acids is 1. The van der Waals surface area contributed by atoms with Gasteiger partial charge < -0.3 is 4.74 Å². The van der Waals surface area contributed by atoms with Crippen molar-refractivity contribution in [3.05, 3.63) is 29.5 Å². The standard InChI is InChI=1S/C19H26N2O2.ClH/c1-13(23-3)7-10-19(22)16-8-9-18-17(14(16)2)12-21(20-18)11-15-5-4-6-15;/h8-9,12-13,15H,4-7,10-11H2,1-3H3;1H. The molecule has 1 saturated carbocycles. The zero-order valence-corrected chi connectivity index (χ0v) is 15.6. The van der Waals surface area contributed by atoms with Crippen molar-refractivity contribution in [1.29, 1.82) is 0 Å². The number of hydrogen-bond donors (Lipinski definition) is 0. The molecular formula is C19H27ClN2O2. The van der Waals surface area contributed by atoms with Gasteiger partial charge in [0.2, 0.25) is 0 Å². The van der Waals surface area contributed by atoms with Crippen LogP contribution in [0.15, 0.2) is 18.3 Å². The summed E-state index contributed by atoms with van der Waals surface area (Å²) in [6.07, 6.45) is 7.49. The van der Waals surface area contributed by atoms with Crippen LogP contribution in [0.25, 0.3) is 10.9 Å². The maximum Gasteiger partial charge on any atom is 0.163 e. The molecule has 0 aliphatic heterocycles. The summed E-state index contributed by atoms with van der Waals surface area (Å²) in [5.74, 6) is 0.973. The van der Waals surface area contributed by atoms with E-state index in [1.54, 1.807) is 7.11 Å². The second-order valence-corrected chi connectivity index (χ2v) is 6.83. The van der Waals surface area contributed by atoms with Gasteiger partial charge >= 0.3 is 0 Å². The molecular weight excluding hydrogens is 324 g/mol. The molecule has 0 amide bonds. The highest BCUT2D eigenvalue weighted by Crippen LogP contribution is 2.29. The van der Waals surface area contributed by atoms with Gasteiger partial charge in [-0.2, -0.15) is 5.10 Å². The van der Waals surface area contributed by atoms with Crippen molar-refractivity contribution in [2.24, 2.45) is 5.92 Å². The highest BCUT2D eigenvalue weighted by Gasteiger charge is 2.19. The third-order valence-electron chi connectivity index (χ3n) is 5.16. The van der Waals surface area contributed by atoms with E-state index in [2.05, 4.69) is 16.0 Å². The normalized spacial score (nSPS) is 15.8. The van der Waals surface area contributed by atoms with Crippen LogP contribution in [-0.2, 0) is 11.3 Å². The van der Waals surface area contributed by atoms with Crippen molar-refractivity contribution in [2.45, 2.75) is 58.6 Å². The third kappa shape index (κ3) is 3.98. The molecule has 1 heterocycles. The van der Waals surface area contributed by atoms with Crippen LogP contribution in [0.4, 0.5) is 0 Å². The molecule has 1 aliphatic carbocycles. The molecule has 1 aromatic carbocycles. The maximum absolute atomic E-state index is 12.5. The zero-order valence-electron chi connectivity index (χ0n) is 14.7. The van der Waals surface area contributed by atoms with Crippen LogP contribution >= 0.6 is 12.4 Å². The molecule has 4 nitrogen and oxygen atoms in total. The Morgan fingerprint density at radius 3 is 2.79 bits per heavy atom. The van der Waals surface area contributed by atoms with Gasteiger partial charge in [0.25, 0.3) is 0 Å². The predicted molar refractivity (Wildman–Crippen MR) is 99.1 cm³/mol. The molecule has 0 spiro atoms. The molecule has 0 bridgehead atoms. The summed E-state index contributed by atoms with van der Waals surface area (Å²) in [4.78, 5) is 12.5. The molecule has 2 aromatic rings. The van der Waals surface area contributed by atoms with Crippen molar-refractivity contribution < 1.29 is 9.53 Å². The Morgan fingerprint density at radius 1 is 1.42 bits per heavy atom. The predicted octanol–water partition coefficient (Wildman–Crippen LogP) is 4.56. The molecule has 0 radical (unpaired) electrons. The van der Waals surface area contributed by atoms with Gasteiger partial charge in [0.1, 0.15) is 0 Å². The molecule has 1 aromatic heterocycles. The molecule has 1 fully saturated rings. The molecule has 5 heteroatoms.